The maximum atomic E-state index is 13.6. The molecule has 27 heavy (non-hydrogen) atoms. The molecule has 2 N–H and O–H groups in total. The van der Waals surface area contributed by atoms with E-state index in [9.17, 15) is 9.18 Å². The number of methoxy groups -OCH3 is 1. The van der Waals surface area contributed by atoms with Crippen molar-refractivity contribution in [2.24, 2.45) is 0 Å². The number of hydrogen-bond acceptors (Lipinski definition) is 5. The van der Waals surface area contributed by atoms with Crippen molar-refractivity contribution in [2.75, 3.05) is 19.0 Å². The largest absolute Gasteiger partial charge is 0.496 e. The first-order valence-electron chi connectivity index (χ1n) is 8.43. The number of nitrogens with one attached hydrogen (secondary N) is 2. The fourth-order valence-electron chi connectivity index (χ4n) is 2.53. The lowest BCUT2D eigenvalue weighted by atomic mass is 10.1. The molecule has 0 aliphatic heterocycles. The Bertz CT molecular complexity index is 916. The summed E-state index contributed by atoms with van der Waals surface area (Å²) in [5.41, 5.74) is 1.49. The van der Waals surface area contributed by atoms with Crippen molar-refractivity contribution in [1.82, 2.24) is 15.5 Å². The molecule has 0 saturated carbocycles. The zero-order valence-electron chi connectivity index (χ0n) is 14.8. The summed E-state index contributed by atoms with van der Waals surface area (Å²) in [5.74, 6) is 0.424. The highest BCUT2D eigenvalue weighted by atomic mass is 19.1. The molecule has 0 spiro atoms. The number of aromatic nitrogens is 2. The van der Waals surface area contributed by atoms with Crippen LogP contribution in [-0.4, -0.2) is 29.8 Å². The summed E-state index contributed by atoms with van der Waals surface area (Å²) in [5, 5.41) is 13.4. The van der Waals surface area contributed by atoms with Gasteiger partial charge in [0.1, 0.15) is 11.6 Å². The maximum Gasteiger partial charge on any atom is 0.271 e. The maximum absolute atomic E-state index is 13.6. The number of amides is 1. The third-order valence-electron chi connectivity index (χ3n) is 3.91. The SMILES string of the molecule is COc1ccccc1CCNC(=O)c1ccc(Nc2ccccc2F)nn1. The molecule has 1 aromatic heterocycles. The van der Waals surface area contributed by atoms with Gasteiger partial charge in [-0.05, 0) is 42.3 Å². The monoisotopic (exact) mass is 366 g/mol. The number of nitrogens with zero attached hydrogens (tertiary/aromatic N) is 2. The van der Waals surface area contributed by atoms with Crippen molar-refractivity contribution >= 4 is 17.4 Å². The van der Waals surface area contributed by atoms with Gasteiger partial charge in [0.15, 0.2) is 11.5 Å². The van der Waals surface area contributed by atoms with E-state index >= 15 is 0 Å². The van der Waals surface area contributed by atoms with Gasteiger partial charge < -0.3 is 15.4 Å². The van der Waals surface area contributed by atoms with Crippen LogP contribution in [0.15, 0.2) is 60.7 Å². The Hall–Kier alpha value is -3.48. The molecule has 3 aromatic rings. The predicted molar refractivity (Wildman–Crippen MR) is 101 cm³/mol. The third-order valence-corrected chi connectivity index (χ3v) is 3.91. The molecule has 0 unspecified atom stereocenters. The average molecular weight is 366 g/mol. The lowest BCUT2D eigenvalue weighted by Gasteiger charge is -2.09. The van der Waals surface area contributed by atoms with Crippen LogP contribution in [-0.2, 0) is 6.42 Å². The number of anilines is 2. The fourth-order valence-corrected chi connectivity index (χ4v) is 2.53. The van der Waals surface area contributed by atoms with Crippen LogP contribution < -0.4 is 15.4 Å². The summed E-state index contributed by atoms with van der Waals surface area (Å²) in [7, 11) is 1.61. The highest BCUT2D eigenvalue weighted by Gasteiger charge is 2.09. The molecule has 0 saturated heterocycles. The summed E-state index contributed by atoms with van der Waals surface area (Å²) in [4.78, 5) is 12.2. The van der Waals surface area contributed by atoms with Gasteiger partial charge in [0, 0.05) is 6.54 Å². The van der Waals surface area contributed by atoms with Crippen LogP contribution in [0.4, 0.5) is 15.9 Å². The molecule has 7 heteroatoms. The number of rotatable bonds is 7. The first kappa shape index (κ1) is 18.3. The molecule has 138 valence electrons. The molecule has 6 nitrogen and oxygen atoms in total. The van der Waals surface area contributed by atoms with Gasteiger partial charge in [-0.25, -0.2) is 4.39 Å². The zero-order chi connectivity index (χ0) is 19.1. The van der Waals surface area contributed by atoms with Crippen LogP contribution >= 0.6 is 0 Å². The van der Waals surface area contributed by atoms with Gasteiger partial charge in [-0.15, -0.1) is 10.2 Å². The normalized spacial score (nSPS) is 10.3. The molecule has 0 atom stereocenters. The lowest BCUT2D eigenvalue weighted by Crippen LogP contribution is -2.26. The van der Waals surface area contributed by atoms with E-state index in [1.807, 2.05) is 24.3 Å². The van der Waals surface area contributed by atoms with Gasteiger partial charge in [0.2, 0.25) is 0 Å². The number of carbonyl (C=O) groups excluding carboxylic acids is 1. The number of ether oxygens (including phenoxy) is 1. The Morgan fingerprint density at radius 2 is 1.81 bits per heavy atom. The van der Waals surface area contributed by atoms with Gasteiger partial charge in [0.25, 0.3) is 5.91 Å². The Kier molecular flexibility index (Phi) is 5.94. The third kappa shape index (κ3) is 4.78. The van der Waals surface area contributed by atoms with Gasteiger partial charge in [-0.3, -0.25) is 4.79 Å². The first-order chi connectivity index (χ1) is 13.2. The molecule has 0 radical (unpaired) electrons. The molecule has 0 bridgehead atoms. The minimum atomic E-state index is -0.391. The van der Waals surface area contributed by atoms with E-state index in [1.54, 1.807) is 31.4 Å². The molecular formula is C20H19FN4O2. The van der Waals surface area contributed by atoms with E-state index in [0.29, 0.717) is 24.5 Å². The zero-order valence-corrected chi connectivity index (χ0v) is 14.8. The summed E-state index contributed by atoms with van der Waals surface area (Å²) in [6, 6.07) is 17.0. The van der Waals surface area contributed by atoms with Gasteiger partial charge in [-0.2, -0.15) is 0 Å². The number of halogens is 1. The summed E-state index contributed by atoms with van der Waals surface area (Å²) in [6.45, 7) is 0.441. The number of benzene rings is 2. The van der Waals surface area contributed by atoms with Crippen LogP contribution in [0.2, 0.25) is 0 Å². The molecule has 0 aliphatic rings. The Balaban J connectivity index is 1.55. The van der Waals surface area contributed by atoms with E-state index in [0.717, 1.165) is 11.3 Å². The quantitative estimate of drug-likeness (QED) is 0.671. The average Bonchev–Trinajstić information content (AvgIpc) is 2.70. The fraction of sp³-hybridized carbons (Fsp3) is 0.150. The Labute approximate surface area is 156 Å². The summed E-state index contributed by atoms with van der Waals surface area (Å²) < 4.78 is 18.9. The Morgan fingerprint density at radius 1 is 1.04 bits per heavy atom. The summed E-state index contributed by atoms with van der Waals surface area (Å²) >= 11 is 0. The van der Waals surface area contributed by atoms with E-state index in [1.165, 1.54) is 12.1 Å². The summed E-state index contributed by atoms with van der Waals surface area (Å²) in [6.07, 6.45) is 0.635. The second-order valence-electron chi connectivity index (χ2n) is 5.73. The van der Waals surface area contributed by atoms with Gasteiger partial charge in [0.05, 0.1) is 12.8 Å². The van der Waals surface area contributed by atoms with E-state index in [2.05, 4.69) is 20.8 Å². The second kappa shape index (κ2) is 8.75. The van der Waals surface area contributed by atoms with Gasteiger partial charge >= 0.3 is 0 Å². The molecular weight excluding hydrogens is 347 g/mol. The molecule has 2 aromatic carbocycles. The molecule has 1 amide bonds. The molecule has 3 rings (SSSR count). The van der Waals surface area contributed by atoms with Crippen LogP contribution in [0.25, 0.3) is 0 Å². The van der Waals surface area contributed by atoms with Crippen LogP contribution in [0.5, 0.6) is 5.75 Å². The van der Waals surface area contributed by atoms with Crippen molar-refractivity contribution in [3.8, 4) is 5.75 Å². The number of para-hydroxylation sites is 2. The topological polar surface area (TPSA) is 76.1 Å². The van der Waals surface area contributed by atoms with Gasteiger partial charge in [-0.1, -0.05) is 30.3 Å². The molecule has 0 aliphatic carbocycles. The van der Waals surface area contributed by atoms with Crippen molar-refractivity contribution in [2.45, 2.75) is 6.42 Å². The van der Waals surface area contributed by atoms with Crippen molar-refractivity contribution in [3.05, 3.63) is 77.7 Å². The number of hydrogen-bond donors (Lipinski definition) is 2. The minimum absolute atomic E-state index is 0.189. The van der Waals surface area contributed by atoms with Crippen molar-refractivity contribution in [1.29, 1.82) is 0 Å². The van der Waals surface area contributed by atoms with Crippen molar-refractivity contribution in [3.63, 3.8) is 0 Å². The van der Waals surface area contributed by atoms with E-state index in [-0.39, 0.29) is 11.6 Å². The molecule has 0 fully saturated rings. The smallest absolute Gasteiger partial charge is 0.271 e. The lowest BCUT2D eigenvalue weighted by molar-refractivity contribution is 0.0948. The highest BCUT2D eigenvalue weighted by Crippen LogP contribution is 2.18. The van der Waals surface area contributed by atoms with Crippen LogP contribution in [0.1, 0.15) is 16.1 Å². The standard InChI is InChI=1S/C20H19FN4O2/c1-27-18-9-5-2-6-14(18)12-13-22-20(26)17-10-11-19(25-24-17)23-16-8-4-3-7-15(16)21/h2-11H,12-13H2,1H3,(H,22,26)(H,23,25). The van der Waals surface area contributed by atoms with Crippen LogP contribution in [0.3, 0.4) is 0 Å². The van der Waals surface area contributed by atoms with E-state index < -0.39 is 5.82 Å². The Morgan fingerprint density at radius 3 is 2.56 bits per heavy atom. The minimum Gasteiger partial charge on any atom is -0.496 e. The predicted octanol–water partition coefficient (Wildman–Crippen LogP) is 3.34. The highest BCUT2D eigenvalue weighted by molar-refractivity contribution is 5.92. The van der Waals surface area contributed by atoms with E-state index in [4.69, 9.17) is 4.74 Å². The first-order valence-corrected chi connectivity index (χ1v) is 8.43. The molecule has 1 heterocycles. The van der Waals surface area contributed by atoms with Crippen molar-refractivity contribution < 1.29 is 13.9 Å². The second-order valence-corrected chi connectivity index (χ2v) is 5.73. The van der Waals surface area contributed by atoms with Crippen LogP contribution in [0, 0.1) is 5.82 Å². The number of carbonyl (C=O) groups is 1.